The number of rotatable bonds is 7. The van der Waals surface area contributed by atoms with Gasteiger partial charge in [-0.05, 0) is 57.4 Å². The quantitative estimate of drug-likeness (QED) is 0.703. The number of aryl methyl sites for hydroxylation is 3. The summed E-state index contributed by atoms with van der Waals surface area (Å²) in [6.45, 7) is 9.18. The maximum Gasteiger partial charge on any atom is 0.224 e. The van der Waals surface area contributed by atoms with Crippen LogP contribution >= 0.6 is 0 Å². The first-order valence-corrected chi connectivity index (χ1v) is 11.3. The number of ether oxygens (including phenoxy) is 1. The highest BCUT2D eigenvalue weighted by Crippen LogP contribution is 2.30. The van der Waals surface area contributed by atoms with Gasteiger partial charge in [0.2, 0.25) is 5.91 Å². The largest absolute Gasteiger partial charge is 0.492 e. The van der Waals surface area contributed by atoms with Gasteiger partial charge in [-0.1, -0.05) is 24.6 Å². The Labute approximate surface area is 179 Å². The molecule has 3 heterocycles. The van der Waals surface area contributed by atoms with E-state index in [0.29, 0.717) is 31.5 Å². The van der Waals surface area contributed by atoms with Crippen molar-refractivity contribution < 1.29 is 9.53 Å². The summed E-state index contributed by atoms with van der Waals surface area (Å²) in [7, 11) is 0. The lowest BCUT2D eigenvalue weighted by Gasteiger charge is -2.29. The van der Waals surface area contributed by atoms with E-state index >= 15 is 0 Å². The Morgan fingerprint density at radius 1 is 1.13 bits per heavy atom. The highest BCUT2D eigenvalue weighted by Gasteiger charge is 2.39. The number of hydrogen-bond donors (Lipinski definition) is 0. The van der Waals surface area contributed by atoms with E-state index in [1.807, 2.05) is 48.9 Å². The summed E-state index contributed by atoms with van der Waals surface area (Å²) < 4.78 is 7.89. The van der Waals surface area contributed by atoms with Crippen molar-refractivity contribution in [3.05, 3.63) is 47.8 Å². The molecule has 0 bridgehead atoms. The topological polar surface area (TPSA) is 50.6 Å². The fourth-order valence-corrected chi connectivity index (χ4v) is 4.98. The average Bonchev–Trinajstić information content (AvgIpc) is 3.25. The van der Waals surface area contributed by atoms with E-state index in [1.165, 1.54) is 19.3 Å². The lowest BCUT2D eigenvalue weighted by Crippen LogP contribution is -2.43. The van der Waals surface area contributed by atoms with Crippen molar-refractivity contribution in [3.8, 4) is 5.75 Å². The number of carbonyl (C=O) groups is 1. The van der Waals surface area contributed by atoms with Gasteiger partial charge in [0, 0.05) is 44.3 Å². The van der Waals surface area contributed by atoms with Gasteiger partial charge in [-0.2, -0.15) is 5.10 Å². The predicted molar refractivity (Wildman–Crippen MR) is 118 cm³/mol. The number of fused-ring (bicyclic) bond motifs is 1. The fraction of sp³-hybridized carbons (Fsp3) is 0.583. The fourth-order valence-electron chi connectivity index (χ4n) is 4.98. The van der Waals surface area contributed by atoms with Gasteiger partial charge >= 0.3 is 0 Å². The third kappa shape index (κ3) is 5.04. The molecule has 0 aliphatic carbocycles. The summed E-state index contributed by atoms with van der Waals surface area (Å²) in [6.07, 6.45) is 4.25. The number of aromatic nitrogens is 2. The maximum absolute atomic E-state index is 12.9. The molecular formula is C24H34N4O2. The van der Waals surface area contributed by atoms with Crippen LogP contribution in [-0.4, -0.2) is 64.3 Å². The van der Waals surface area contributed by atoms with E-state index in [2.05, 4.69) is 21.0 Å². The van der Waals surface area contributed by atoms with Crippen LogP contribution in [0.15, 0.2) is 36.4 Å². The number of carbonyl (C=O) groups excluding carboxylic acids is 1. The molecule has 4 rings (SSSR count). The molecule has 0 unspecified atom stereocenters. The van der Waals surface area contributed by atoms with E-state index in [0.717, 1.165) is 43.3 Å². The van der Waals surface area contributed by atoms with Crippen LogP contribution < -0.4 is 4.74 Å². The number of benzene rings is 1. The Bertz CT molecular complexity index is 835. The van der Waals surface area contributed by atoms with Crippen molar-refractivity contribution in [3.63, 3.8) is 0 Å². The first kappa shape index (κ1) is 20.9. The molecule has 0 spiro atoms. The zero-order valence-corrected chi connectivity index (χ0v) is 18.3. The molecule has 6 nitrogen and oxygen atoms in total. The van der Waals surface area contributed by atoms with Crippen molar-refractivity contribution in [2.75, 3.05) is 32.8 Å². The van der Waals surface area contributed by atoms with Gasteiger partial charge in [-0.15, -0.1) is 0 Å². The SMILES string of the molecule is Cc1cc(C)n(CCC(=O)N2C[C@@H]3CCCCN(CCOc4ccccc4)[C@@H]3C2)n1. The zero-order valence-electron chi connectivity index (χ0n) is 18.3. The molecule has 0 N–H and O–H groups in total. The molecule has 6 heteroatoms. The maximum atomic E-state index is 12.9. The summed E-state index contributed by atoms with van der Waals surface area (Å²) >= 11 is 0. The predicted octanol–water partition coefficient (Wildman–Crippen LogP) is 3.28. The third-order valence-corrected chi connectivity index (χ3v) is 6.53. The Balaban J connectivity index is 1.30. The van der Waals surface area contributed by atoms with Crippen molar-refractivity contribution in [2.24, 2.45) is 5.92 Å². The highest BCUT2D eigenvalue weighted by atomic mass is 16.5. The van der Waals surface area contributed by atoms with Gasteiger partial charge in [-0.25, -0.2) is 0 Å². The van der Waals surface area contributed by atoms with Crippen LogP contribution in [0.3, 0.4) is 0 Å². The lowest BCUT2D eigenvalue weighted by molar-refractivity contribution is -0.130. The molecule has 2 saturated heterocycles. The van der Waals surface area contributed by atoms with Gasteiger partial charge in [0.05, 0.1) is 5.69 Å². The van der Waals surface area contributed by atoms with E-state index in [4.69, 9.17) is 4.74 Å². The first-order chi connectivity index (χ1) is 14.6. The van der Waals surface area contributed by atoms with Crippen LogP contribution in [0.25, 0.3) is 0 Å². The van der Waals surface area contributed by atoms with Crippen molar-refractivity contribution >= 4 is 5.91 Å². The Hall–Kier alpha value is -2.34. The minimum absolute atomic E-state index is 0.260. The number of hydrogen-bond acceptors (Lipinski definition) is 4. The van der Waals surface area contributed by atoms with Gasteiger partial charge < -0.3 is 9.64 Å². The zero-order chi connectivity index (χ0) is 20.9. The Morgan fingerprint density at radius 2 is 1.97 bits per heavy atom. The van der Waals surface area contributed by atoms with Crippen LogP contribution in [0.5, 0.6) is 5.75 Å². The molecular weight excluding hydrogens is 376 g/mol. The summed E-state index contributed by atoms with van der Waals surface area (Å²) in [5.41, 5.74) is 2.13. The third-order valence-electron chi connectivity index (χ3n) is 6.53. The lowest BCUT2D eigenvalue weighted by atomic mass is 9.98. The Kier molecular flexibility index (Phi) is 6.72. The van der Waals surface area contributed by atoms with Crippen molar-refractivity contribution in [1.82, 2.24) is 19.6 Å². The van der Waals surface area contributed by atoms with Crippen molar-refractivity contribution in [2.45, 2.75) is 52.1 Å². The second-order valence-corrected chi connectivity index (χ2v) is 8.72. The van der Waals surface area contributed by atoms with Crippen LogP contribution in [0.1, 0.15) is 37.1 Å². The van der Waals surface area contributed by atoms with Crippen LogP contribution in [0.4, 0.5) is 0 Å². The van der Waals surface area contributed by atoms with Gasteiger partial charge in [0.1, 0.15) is 12.4 Å². The molecule has 1 aromatic carbocycles. The molecule has 0 radical (unpaired) electrons. The number of likely N-dealkylation sites (tertiary alicyclic amines) is 2. The highest BCUT2D eigenvalue weighted by molar-refractivity contribution is 5.76. The normalized spacial score (nSPS) is 22.0. The molecule has 0 saturated carbocycles. The monoisotopic (exact) mass is 410 g/mol. The molecule has 2 aliphatic heterocycles. The van der Waals surface area contributed by atoms with Crippen LogP contribution in [0, 0.1) is 19.8 Å². The van der Waals surface area contributed by atoms with Crippen LogP contribution in [-0.2, 0) is 11.3 Å². The second kappa shape index (κ2) is 9.65. The first-order valence-electron chi connectivity index (χ1n) is 11.3. The van der Waals surface area contributed by atoms with Gasteiger partial charge in [0.25, 0.3) is 0 Å². The van der Waals surface area contributed by atoms with E-state index < -0.39 is 0 Å². The molecule has 2 fully saturated rings. The number of amides is 1. The molecule has 2 atom stereocenters. The second-order valence-electron chi connectivity index (χ2n) is 8.72. The van der Waals surface area contributed by atoms with E-state index in [-0.39, 0.29) is 5.91 Å². The summed E-state index contributed by atoms with van der Waals surface area (Å²) in [6, 6.07) is 12.5. The van der Waals surface area contributed by atoms with Gasteiger partial charge in [-0.3, -0.25) is 14.4 Å². The average molecular weight is 411 g/mol. The smallest absolute Gasteiger partial charge is 0.224 e. The number of nitrogens with zero attached hydrogens (tertiary/aromatic N) is 4. The van der Waals surface area contributed by atoms with Crippen molar-refractivity contribution in [1.29, 1.82) is 0 Å². The van der Waals surface area contributed by atoms with Gasteiger partial charge in [0.15, 0.2) is 0 Å². The summed E-state index contributed by atoms with van der Waals surface area (Å²) in [5.74, 6) is 1.77. The standard InChI is InChI=1S/C24H34N4O2/c1-19-16-20(2)28(25-19)13-11-24(29)27-17-21-8-6-7-12-26(23(21)18-27)14-15-30-22-9-4-3-5-10-22/h3-5,9-10,16,21,23H,6-8,11-15,17-18H2,1-2H3/t21-,23+/m0/s1. The van der Waals surface area contributed by atoms with Crippen LogP contribution in [0.2, 0.25) is 0 Å². The molecule has 2 aliphatic rings. The molecule has 1 aromatic heterocycles. The van der Waals surface area contributed by atoms with E-state index in [1.54, 1.807) is 0 Å². The minimum atomic E-state index is 0.260. The summed E-state index contributed by atoms with van der Waals surface area (Å²) in [4.78, 5) is 17.6. The number of para-hydroxylation sites is 1. The molecule has 162 valence electrons. The van der Waals surface area contributed by atoms with E-state index in [9.17, 15) is 4.79 Å². The Morgan fingerprint density at radius 3 is 2.73 bits per heavy atom. The summed E-state index contributed by atoms with van der Waals surface area (Å²) in [5, 5.41) is 4.49. The molecule has 1 amide bonds. The minimum Gasteiger partial charge on any atom is -0.492 e. The molecule has 2 aromatic rings. The molecule has 30 heavy (non-hydrogen) atoms.